The molecular weight excluding hydrogens is 328 g/mol. The zero-order valence-electron chi connectivity index (χ0n) is 16.0. The fourth-order valence-corrected chi connectivity index (χ4v) is 3.34. The van der Waals surface area contributed by atoms with Crippen LogP contribution in [0.15, 0.2) is 35.5 Å². The fourth-order valence-electron chi connectivity index (χ4n) is 3.34. The van der Waals surface area contributed by atoms with Crippen LogP contribution in [0.3, 0.4) is 0 Å². The molecule has 138 valence electrons. The smallest absolute Gasteiger partial charge is 0.254 e. The van der Waals surface area contributed by atoms with Gasteiger partial charge in [-0.1, -0.05) is 43.2 Å². The normalized spacial score (nSPS) is 16.5. The van der Waals surface area contributed by atoms with Gasteiger partial charge in [0.1, 0.15) is 6.04 Å². The van der Waals surface area contributed by atoms with Crippen LogP contribution in [0.25, 0.3) is 0 Å². The van der Waals surface area contributed by atoms with Gasteiger partial charge in [0.05, 0.1) is 5.57 Å². The molecule has 0 aliphatic carbocycles. The summed E-state index contributed by atoms with van der Waals surface area (Å²) in [5.41, 5.74) is 3.74. The molecule has 26 heavy (non-hydrogen) atoms. The standard InChI is InChI=1S/C19H26N6O/c1-6-24(7-2)18(26)16-13(5)20-19-21-22-23-25(19)17(16)15-10-8-14(9-11-15)12(3)4/h8-12,17H,6-7H2,1-5H3,(H,20,21,23). The molecule has 1 aliphatic heterocycles. The van der Waals surface area contributed by atoms with Gasteiger partial charge in [0.2, 0.25) is 5.95 Å². The minimum Gasteiger partial charge on any atom is -0.339 e. The number of tetrazole rings is 1. The van der Waals surface area contributed by atoms with E-state index in [2.05, 4.69) is 59.0 Å². The number of carbonyl (C=O) groups is 1. The third-order valence-corrected chi connectivity index (χ3v) is 4.91. The predicted octanol–water partition coefficient (Wildman–Crippen LogP) is 2.95. The van der Waals surface area contributed by atoms with E-state index in [1.807, 2.05) is 25.7 Å². The van der Waals surface area contributed by atoms with Gasteiger partial charge in [-0.25, -0.2) is 0 Å². The van der Waals surface area contributed by atoms with Crippen LogP contribution in [0.1, 0.15) is 57.7 Å². The number of likely N-dealkylation sites (N-methyl/N-ethyl adjacent to an activating group) is 1. The Balaban J connectivity index is 2.10. The summed E-state index contributed by atoms with van der Waals surface area (Å²) < 4.78 is 1.69. The largest absolute Gasteiger partial charge is 0.339 e. The highest BCUT2D eigenvalue weighted by Gasteiger charge is 2.35. The second-order valence-electron chi connectivity index (χ2n) is 6.81. The minimum absolute atomic E-state index is 0.0130. The summed E-state index contributed by atoms with van der Waals surface area (Å²) in [7, 11) is 0. The molecule has 0 radical (unpaired) electrons. The number of anilines is 1. The van der Waals surface area contributed by atoms with Gasteiger partial charge < -0.3 is 10.2 Å². The fraction of sp³-hybridized carbons (Fsp3) is 0.474. The number of amides is 1. The summed E-state index contributed by atoms with van der Waals surface area (Å²) >= 11 is 0. The van der Waals surface area contributed by atoms with E-state index in [0.717, 1.165) is 11.3 Å². The van der Waals surface area contributed by atoms with Gasteiger partial charge in [-0.2, -0.15) is 4.68 Å². The molecule has 1 aromatic heterocycles. The average molecular weight is 354 g/mol. The quantitative estimate of drug-likeness (QED) is 0.893. The predicted molar refractivity (Wildman–Crippen MR) is 101 cm³/mol. The first-order chi connectivity index (χ1) is 12.5. The maximum Gasteiger partial charge on any atom is 0.254 e. The Kier molecular flexibility index (Phi) is 5.06. The highest BCUT2D eigenvalue weighted by Crippen LogP contribution is 2.35. The molecule has 0 spiro atoms. The first-order valence-electron chi connectivity index (χ1n) is 9.12. The van der Waals surface area contributed by atoms with Gasteiger partial charge in [-0.15, -0.1) is 0 Å². The van der Waals surface area contributed by atoms with Crippen molar-refractivity contribution in [3.63, 3.8) is 0 Å². The molecule has 0 fully saturated rings. The molecule has 2 aromatic rings. The van der Waals surface area contributed by atoms with Gasteiger partial charge in [-0.05, 0) is 48.2 Å². The molecule has 0 bridgehead atoms. The molecule has 7 heteroatoms. The Morgan fingerprint density at radius 3 is 2.46 bits per heavy atom. The first kappa shape index (κ1) is 18.1. The molecule has 1 aliphatic rings. The Morgan fingerprint density at radius 2 is 1.88 bits per heavy atom. The van der Waals surface area contributed by atoms with Gasteiger partial charge in [0.15, 0.2) is 0 Å². The van der Waals surface area contributed by atoms with Crippen LogP contribution in [0.4, 0.5) is 5.95 Å². The van der Waals surface area contributed by atoms with E-state index in [0.29, 0.717) is 30.5 Å². The number of allylic oxidation sites excluding steroid dienone is 1. The number of aromatic nitrogens is 4. The van der Waals surface area contributed by atoms with E-state index < -0.39 is 0 Å². The second-order valence-corrected chi connectivity index (χ2v) is 6.81. The van der Waals surface area contributed by atoms with Crippen molar-refractivity contribution in [2.75, 3.05) is 18.4 Å². The zero-order chi connectivity index (χ0) is 18.8. The van der Waals surface area contributed by atoms with Crippen molar-refractivity contribution in [3.8, 4) is 0 Å². The molecule has 7 nitrogen and oxygen atoms in total. The van der Waals surface area contributed by atoms with E-state index >= 15 is 0 Å². The molecular formula is C19H26N6O. The molecule has 2 heterocycles. The van der Waals surface area contributed by atoms with Crippen molar-refractivity contribution in [1.82, 2.24) is 25.1 Å². The van der Waals surface area contributed by atoms with Crippen LogP contribution in [0.5, 0.6) is 0 Å². The lowest BCUT2D eigenvalue weighted by molar-refractivity contribution is -0.127. The number of carbonyl (C=O) groups excluding carboxylic acids is 1. The molecule has 1 atom stereocenters. The third kappa shape index (κ3) is 3.09. The molecule has 0 saturated heterocycles. The van der Waals surface area contributed by atoms with Crippen LogP contribution >= 0.6 is 0 Å². The lowest BCUT2D eigenvalue weighted by Gasteiger charge is -2.31. The Labute approximate surface area is 154 Å². The number of nitrogens with one attached hydrogen (secondary N) is 1. The van der Waals surface area contributed by atoms with E-state index in [9.17, 15) is 4.79 Å². The lowest BCUT2D eigenvalue weighted by atomic mass is 9.92. The molecule has 1 amide bonds. The number of hydrogen-bond donors (Lipinski definition) is 1. The Hall–Kier alpha value is -2.70. The molecule has 1 aromatic carbocycles. The monoisotopic (exact) mass is 354 g/mol. The van der Waals surface area contributed by atoms with Crippen LogP contribution < -0.4 is 5.32 Å². The lowest BCUT2D eigenvalue weighted by Crippen LogP contribution is -2.38. The number of rotatable bonds is 5. The number of hydrogen-bond acceptors (Lipinski definition) is 5. The van der Waals surface area contributed by atoms with Crippen molar-refractivity contribution in [1.29, 1.82) is 0 Å². The van der Waals surface area contributed by atoms with E-state index in [1.165, 1.54) is 5.56 Å². The number of nitrogens with zero attached hydrogens (tertiary/aromatic N) is 5. The van der Waals surface area contributed by atoms with Crippen LogP contribution in [-0.2, 0) is 4.79 Å². The minimum atomic E-state index is -0.337. The highest BCUT2D eigenvalue weighted by atomic mass is 16.2. The molecule has 1 N–H and O–H groups in total. The van der Waals surface area contributed by atoms with Crippen molar-refractivity contribution in [3.05, 3.63) is 46.7 Å². The van der Waals surface area contributed by atoms with E-state index in [-0.39, 0.29) is 11.9 Å². The average Bonchev–Trinajstić information content (AvgIpc) is 3.09. The first-order valence-corrected chi connectivity index (χ1v) is 9.12. The third-order valence-electron chi connectivity index (χ3n) is 4.91. The van der Waals surface area contributed by atoms with E-state index in [1.54, 1.807) is 4.68 Å². The summed E-state index contributed by atoms with van der Waals surface area (Å²) in [6, 6.07) is 8.02. The summed E-state index contributed by atoms with van der Waals surface area (Å²) in [5, 5.41) is 15.1. The van der Waals surface area contributed by atoms with Crippen LogP contribution in [0, 0.1) is 0 Å². The van der Waals surface area contributed by atoms with Crippen LogP contribution in [0.2, 0.25) is 0 Å². The highest BCUT2D eigenvalue weighted by molar-refractivity contribution is 5.96. The number of benzene rings is 1. The maximum absolute atomic E-state index is 13.2. The van der Waals surface area contributed by atoms with Crippen molar-refractivity contribution < 1.29 is 4.79 Å². The summed E-state index contributed by atoms with van der Waals surface area (Å²) in [4.78, 5) is 15.0. The summed E-state index contributed by atoms with van der Waals surface area (Å²) in [6.07, 6.45) is 0. The maximum atomic E-state index is 13.2. The second kappa shape index (κ2) is 7.27. The summed E-state index contributed by atoms with van der Waals surface area (Å²) in [5.74, 6) is 1.02. The van der Waals surface area contributed by atoms with Gasteiger partial charge >= 0.3 is 0 Å². The van der Waals surface area contributed by atoms with E-state index in [4.69, 9.17) is 0 Å². The van der Waals surface area contributed by atoms with Crippen molar-refractivity contribution in [2.45, 2.75) is 46.6 Å². The van der Waals surface area contributed by atoms with Crippen molar-refractivity contribution in [2.24, 2.45) is 0 Å². The van der Waals surface area contributed by atoms with Gasteiger partial charge in [0.25, 0.3) is 5.91 Å². The molecule has 0 saturated carbocycles. The van der Waals surface area contributed by atoms with Crippen molar-refractivity contribution >= 4 is 11.9 Å². The molecule has 1 unspecified atom stereocenters. The SMILES string of the molecule is CCN(CC)C(=O)C1=C(C)Nc2nnnn2C1c1ccc(C(C)C)cc1. The van der Waals surface area contributed by atoms with Crippen LogP contribution in [-0.4, -0.2) is 44.1 Å². The zero-order valence-corrected chi connectivity index (χ0v) is 16.0. The number of fused-ring (bicyclic) bond motifs is 1. The Morgan fingerprint density at radius 1 is 1.23 bits per heavy atom. The van der Waals surface area contributed by atoms with Gasteiger partial charge in [0, 0.05) is 18.8 Å². The summed E-state index contributed by atoms with van der Waals surface area (Å²) in [6.45, 7) is 11.5. The van der Waals surface area contributed by atoms with Gasteiger partial charge in [-0.3, -0.25) is 4.79 Å². The molecule has 3 rings (SSSR count). The topological polar surface area (TPSA) is 75.9 Å². The Bertz CT molecular complexity index is 817.